The van der Waals surface area contributed by atoms with Gasteiger partial charge in [-0.2, -0.15) is 5.10 Å². The van der Waals surface area contributed by atoms with E-state index in [0.717, 1.165) is 40.9 Å². The molecule has 0 radical (unpaired) electrons. The average molecular weight is 369 g/mol. The molecular formula is C19H23N5OS. The van der Waals surface area contributed by atoms with E-state index in [9.17, 15) is 5.11 Å². The molecule has 0 spiro atoms. The van der Waals surface area contributed by atoms with Gasteiger partial charge in [0.05, 0.1) is 11.4 Å². The highest BCUT2D eigenvalue weighted by Gasteiger charge is 2.21. The molecule has 1 aliphatic rings. The van der Waals surface area contributed by atoms with Crippen molar-refractivity contribution in [1.82, 2.24) is 24.6 Å². The largest absolute Gasteiger partial charge is 0.380 e. The Bertz CT molecular complexity index is 854. The van der Waals surface area contributed by atoms with E-state index in [1.54, 1.807) is 11.3 Å². The van der Waals surface area contributed by atoms with E-state index in [0.29, 0.717) is 12.4 Å². The number of likely N-dealkylation sites (tertiary alicyclic amines) is 1. The summed E-state index contributed by atoms with van der Waals surface area (Å²) < 4.78 is 1.84. The van der Waals surface area contributed by atoms with Crippen LogP contribution in [0.15, 0.2) is 36.5 Å². The zero-order valence-electron chi connectivity index (χ0n) is 14.9. The lowest BCUT2D eigenvalue weighted by Gasteiger charge is -2.11. The molecule has 4 rings (SSSR count). The van der Waals surface area contributed by atoms with Crippen molar-refractivity contribution in [3.8, 4) is 10.7 Å². The van der Waals surface area contributed by atoms with Crippen LogP contribution >= 0.6 is 11.3 Å². The monoisotopic (exact) mass is 369 g/mol. The minimum absolute atomic E-state index is 0.433. The summed E-state index contributed by atoms with van der Waals surface area (Å²) in [6, 6.07) is 9.52. The number of hydrogen-bond donors (Lipinski definition) is 1. The molecular weight excluding hydrogens is 346 g/mol. The van der Waals surface area contributed by atoms with Crippen molar-refractivity contribution in [3.63, 3.8) is 0 Å². The lowest BCUT2D eigenvalue weighted by atomic mass is 10.1. The van der Waals surface area contributed by atoms with Gasteiger partial charge in [0, 0.05) is 12.7 Å². The molecule has 0 saturated carbocycles. The van der Waals surface area contributed by atoms with E-state index in [4.69, 9.17) is 0 Å². The van der Waals surface area contributed by atoms with Crippen LogP contribution in [0.1, 0.15) is 42.3 Å². The summed E-state index contributed by atoms with van der Waals surface area (Å²) >= 11 is 1.67. The van der Waals surface area contributed by atoms with Crippen LogP contribution in [0, 0.1) is 0 Å². The summed E-state index contributed by atoms with van der Waals surface area (Å²) in [4.78, 5) is 12.7. The Morgan fingerprint density at radius 3 is 2.69 bits per heavy atom. The van der Waals surface area contributed by atoms with E-state index in [1.807, 2.05) is 48.1 Å². The van der Waals surface area contributed by atoms with E-state index in [1.165, 1.54) is 12.8 Å². The van der Waals surface area contributed by atoms with Gasteiger partial charge in [0.2, 0.25) is 0 Å². The fraction of sp³-hybridized carbons (Fsp3) is 0.421. The fourth-order valence-corrected chi connectivity index (χ4v) is 4.24. The number of aliphatic hydroxyl groups excluding tert-OH is 1. The number of aromatic nitrogens is 4. The average Bonchev–Trinajstić information content (AvgIpc) is 3.42. The van der Waals surface area contributed by atoms with Crippen molar-refractivity contribution in [2.45, 2.75) is 39.0 Å². The van der Waals surface area contributed by atoms with Crippen molar-refractivity contribution >= 4 is 11.3 Å². The molecule has 3 heterocycles. The van der Waals surface area contributed by atoms with Crippen molar-refractivity contribution in [3.05, 3.63) is 52.9 Å². The quantitative estimate of drug-likeness (QED) is 0.723. The molecule has 1 N–H and O–H groups in total. The summed E-state index contributed by atoms with van der Waals surface area (Å²) in [6.45, 7) is 5.96. The van der Waals surface area contributed by atoms with Gasteiger partial charge in [-0.3, -0.25) is 4.90 Å². The SMILES string of the molecule is CCn1nc(C(O)c2ccccc2)nc1-c1cnc(CN2CCCC2)s1. The predicted octanol–water partition coefficient (Wildman–Crippen LogP) is 3.10. The van der Waals surface area contributed by atoms with Crippen molar-refractivity contribution < 1.29 is 5.11 Å². The minimum atomic E-state index is -0.820. The van der Waals surface area contributed by atoms with Crippen molar-refractivity contribution in [2.24, 2.45) is 0 Å². The second-order valence-electron chi connectivity index (χ2n) is 6.52. The highest BCUT2D eigenvalue weighted by Crippen LogP contribution is 2.28. The normalized spacial score (nSPS) is 16.2. The maximum absolute atomic E-state index is 10.6. The van der Waals surface area contributed by atoms with Gasteiger partial charge < -0.3 is 5.11 Å². The summed E-state index contributed by atoms with van der Waals surface area (Å²) in [6.07, 6.45) is 3.62. The van der Waals surface area contributed by atoms with Crippen molar-refractivity contribution in [1.29, 1.82) is 0 Å². The van der Waals surface area contributed by atoms with Gasteiger partial charge in [0.15, 0.2) is 11.6 Å². The molecule has 1 atom stereocenters. The third kappa shape index (κ3) is 3.56. The Morgan fingerprint density at radius 2 is 1.96 bits per heavy atom. The van der Waals surface area contributed by atoms with Crippen LogP contribution in [-0.4, -0.2) is 42.8 Å². The van der Waals surface area contributed by atoms with Crippen LogP contribution in [0.4, 0.5) is 0 Å². The Balaban J connectivity index is 1.58. The zero-order chi connectivity index (χ0) is 17.9. The maximum atomic E-state index is 10.6. The van der Waals surface area contributed by atoms with Gasteiger partial charge in [-0.15, -0.1) is 11.3 Å². The predicted molar refractivity (Wildman–Crippen MR) is 102 cm³/mol. The Kier molecular flexibility index (Phi) is 5.10. The lowest BCUT2D eigenvalue weighted by molar-refractivity contribution is 0.209. The fourth-order valence-electron chi connectivity index (χ4n) is 3.28. The van der Waals surface area contributed by atoms with Gasteiger partial charge in [0.1, 0.15) is 11.1 Å². The number of thiazole rings is 1. The first-order chi connectivity index (χ1) is 12.7. The second kappa shape index (κ2) is 7.65. The third-order valence-electron chi connectivity index (χ3n) is 4.68. The Morgan fingerprint density at radius 1 is 1.19 bits per heavy atom. The molecule has 0 aliphatic carbocycles. The van der Waals surface area contributed by atoms with Crippen LogP contribution in [0.3, 0.4) is 0 Å². The highest BCUT2D eigenvalue weighted by molar-refractivity contribution is 7.15. The zero-order valence-corrected chi connectivity index (χ0v) is 15.7. The van der Waals surface area contributed by atoms with Gasteiger partial charge >= 0.3 is 0 Å². The molecule has 2 aromatic heterocycles. The molecule has 136 valence electrons. The highest BCUT2D eigenvalue weighted by atomic mass is 32.1. The van der Waals surface area contributed by atoms with Crippen LogP contribution in [0.25, 0.3) is 10.7 Å². The van der Waals surface area contributed by atoms with Gasteiger partial charge in [-0.1, -0.05) is 30.3 Å². The van der Waals surface area contributed by atoms with Gasteiger partial charge in [0.25, 0.3) is 0 Å². The number of aliphatic hydroxyl groups is 1. The molecule has 7 heteroatoms. The second-order valence-corrected chi connectivity index (χ2v) is 7.64. The number of hydrogen-bond acceptors (Lipinski definition) is 6. The first-order valence-electron chi connectivity index (χ1n) is 9.09. The topological polar surface area (TPSA) is 67.1 Å². The molecule has 0 amide bonds. The third-order valence-corrected chi connectivity index (χ3v) is 5.66. The number of aryl methyl sites for hydroxylation is 1. The van der Waals surface area contributed by atoms with Gasteiger partial charge in [-0.05, 0) is 38.4 Å². The standard InChI is InChI=1S/C19H23N5OS/c1-2-24-19(15-12-20-16(26-15)13-23-10-6-7-11-23)21-18(22-24)17(25)14-8-4-3-5-9-14/h3-5,8-9,12,17,25H,2,6-7,10-11,13H2,1H3. The summed E-state index contributed by atoms with van der Waals surface area (Å²) in [7, 11) is 0. The molecule has 1 fully saturated rings. The van der Waals surface area contributed by atoms with E-state index >= 15 is 0 Å². The molecule has 6 nitrogen and oxygen atoms in total. The number of benzene rings is 1. The van der Waals surface area contributed by atoms with Crippen molar-refractivity contribution in [2.75, 3.05) is 13.1 Å². The minimum Gasteiger partial charge on any atom is -0.380 e. The molecule has 1 unspecified atom stereocenters. The van der Waals surface area contributed by atoms with Crippen LogP contribution in [0.2, 0.25) is 0 Å². The van der Waals surface area contributed by atoms with E-state index in [2.05, 4.69) is 20.0 Å². The maximum Gasteiger partial charge on any atom is 0.184 e. The molecule has 1 aliphatic heterocycles. The lowest BCUT2D eigenvalue weighted by Crippen LogP contribution is -2.17. The number of nitrogens with zero attached hydrogens (tertiary/aromatic N) is 5. The molecule has 1 saturated heterocycles. The summed E-state index contributed by atoms with van der Waals surface area (Å²) in [5.74, 6) is 1.21. The van der Waals surface area contributed by atoms with Crippen LogP contribution in [0.5, 0.6) is 0 Å². The molecule has 26 heavy (non-hydrogen) atoms. The van der Waals surface area contributed by atoms with Gasteiger partial charge in [-0.25, -0.2) is 14.6 Å². The number of rotatable bonds is 6. The Labute approximate surface area is 157 Å². The first kappa shape index (κ1) is 17.3. The first-order valence-corrected chi connectivity index (χ1v) is 9.91. The molecule has 3 aromatic rings. The summed E-state index contributed by atoms with van der Waals surface area (Å²) in [5.41, 5.74) is 0.798. The van der Waals surface area contributed by atoms with Crippen LogP contribution < -0.4 is 0 Å². The van der Waals surface area contributed by atoms with Crippen LogP contribution in [-0.2, 0) is 13.1 Å². The smallest absolute Gasteiger partial charge is 0.184 e. The molecule has 1 aromatic carbocycles. The molecule has 0 bridgehead atoms. The van der Waals surface area contributed by atoms with E-state index in [-0.39, 0.29) is 0 Å². The summed E-state index contributed by atoms with van der Waals surface area (Å²) in [5, 5.41) is 16.2. The van der Waals surface area contributed by atoms with E-state index < -0.39 is 6.10 Å². The Hall–Kier alpha value is -2.09.